The SMILES string of the molecule is CCOc1nc(C(=O)NC(CCO)C(F)(F)F)cc(N2CCC(COc3cncnc3N)CC2)n1. The molecule has 0 saturated carbocycles. The van der Waals surface area contributed by atoms with Crippen LogP contribution in [0.25, 0.3) is 0 Å². The van der Waals surface area contributed by atoms with Crippen molar-refractivity contribution in [3.05, 3.63) is 24.3 Å². The van der Waals surface area contributed by atoms with Gasteiger partial charge in [0.1, 0.15) is 23.9 Å². The van der Waals surface area contributed by atoms with Crippen LogP contribution in [-0.2, 0) is 0 Å². The van der Waals surface area contributed by atoms with E-state index in [1.54, 1.807) is 6.92 Å². The van der Waals surface area contributed by atoms with E-state index in [-0.39, 0.29) is 30.0 Å². The monoisotopic (exact) mass is 499 g/mol. The van der Waals surface area contributed by atoms with Crippen LogP contribution < -0.4 is 25.4 Å². The van der Waals surface area contributed by atoms with E-state index in [4.69, 9.17) is 20.3 Å². The lowest BCUT2D eigenvalue weighted by Crippen LogP contribution is -2.46. The van der Waals surface area contributed by atoms with E-state index in [1.165, 1.54) is 18.6 Å². The van der Waals surface area contributed by atoms with Crippen LogP contribution in [0.4, 0.5) is 24.8 Å². The summed E-state index contributed by atoms with van der Waals surface area (Å²) in [5, 5.41) is 10.8. The van der Waals surface area contributed by atoms with Crippen LogP contribution in [0.15, 0.2) is 18.6 Å². The van der Waals surface area contributed by atoms with Gasteiger partial charge in [0.25, 0.3) is 5.91 Å². The maximum Gasteiger partial charge on any atom is 0.408 e. The van der Waals surface area contributed by atoms with Gasteiger partial charge in [0.2, 0.25) is 0 Å². The van der Waals surface area contributed by atoms with Crippen molar-refractivity contribution >= 4 is 17.5 Å². The molecule has 0 spiro atoms. The Morgan fingerprint density at radius 1 is 1.31 bits per heavy atom. The van der Waals surface area contributed by atoms with Crippen molar-refractivity contribution in [2.45, 2.75) is 38.4 Å². The Labute approximate surface area is 199 Å². The summed E-state index contributed by atoms with van der Waals surface area (Å²) in [6, 6.07) is -0.970. The number of nitrogen functional groups attached to an aromatic ring is 1. The summed E-state index contributed by atoms with van der Waals surface area (Å²) in [4.78, 5) is 30.5. The summed E-state index contributed by atoms with van der Waals surface area (Å²) < 4.78 is 50.6. The highest BCUT2D eigenvalue weighted by Gasteiger charge is 2.40. The van der Waals surface area contributed by atoms with Crippen LogP contribution in [-0.4, -0.2) is 76.1 Å². The molecule has 192 valence electrons. The smallest absolute Gasteiger partial charge is 0.408 e. The van der Waals surface area contributed by atoms with Crippen molar-refractivity contribution in [2.24, 2.45) is 5.92 Å². The highest BCUT2D eigenvalue weighted by atomic mass is 19.4. The summed E-state index contributed by atoms with van der Waals surface area (Å²) in [5.74, 6) is 0.254. The first-order chi connectivity index (χ1) is 16.7. The second-order valence-electron chi connectivity index (χ2n) is 7.92. The van der Waals surface area contributed by atoms with Gasteiger partial charge in [-0.3, -0.25) is 4.79 Å². The number of ether oxygens (including phenoxy) is 2. The third kappa shape index (κ3) is 7.28. The molecule has 2 aromatic rings. The molecule has 0 aliphatic carbocycles. The predicted octanol–water partition coefficient (Wildman–Crippen LogP) is 1.59. The number of nitrogens with two attached hydrogens (primary N) is 1. The van der Waals surface area contributed by atoms with Gasteiger partial charge in [0.15, 0.2) is 11.6 Å². The van der Waals surface area contributed by atoms with Crippen molar-refractivity contribution in [1.82, 2.24) is 25.3 Å². The number of aromatic nitrogens is 4. The quantitative estimate of drug-likeness (QED) is 0.440. The average Bonchev–Trinajstić information content (AvgIpc) is 2.83. The highest BCUT2D eigenvalue weighted by Crippen LogP contribution is 2.26. The van der Waals surface area contributed by atoms with Crippen molar-refractivity contribution in [1.29, 1.82) is 0 Å². The molecule has 0 radical (unpaired) electrons. The molecule has 35 heavy (non-hydrogen) atoms. The van der Waals surface area contributed by atoms with Gasteiger partial charge in [-0.25, -0.2) is 9.97 Å². The Kier molecular flexibility index (Phi) is 8.84. The Hall–Kier alpha value is -3.42. The molecule has 3 heterocycles. The largest absolute Gasteiger partial charge is 0.488 e. The number of anilines is 2. The van der Waals surface area contributed by atoms with Crippen LogP contribution >= 0.6 is 0 Å². The topological polar surface area (TPSA) is 149 Å². The fourth-order valence-corrected chi connectivity index (χ4v) is 3.54. The van der Waals surface area contributed by atoms with Crippen molar-refractivity contribution in [3.8, 4) is 11.8 Å². The molecule has 1 unspecified atom stereocenters. The van der Waals surface area contributed by atoms with E-state index < -0.39 is 31.2 Å². The number of nitrogens with one attached hydrogen (secondary N) is 1. The Bertz CT molecular complexity index is 988. The number of carbonyl (C=O) groups excluding carboxylic acids is 1. The van der Waals surface area contributed by atoms with Gasteiger partial charge in [0.05, 0.1) is 19.4 Å². The zero-order valence-corrected chi connectivity index (χ0v) is 19.2. The first-order valence-electron chi connectivity index (χ1n) is 11.1. The van der Waals surface area contributed by atoms with Crippen molar-refractivity contribution in [3.63, 3.8) is 0 Å². The van der Waals surface area contributed by atoms with E-state index in [0.717, 1.165) is 12.8 Å². The third-order valence-electron chi connectivity index (χ3n) is 5.44. The lowest BCUT2D eigenvalue weighted by Gasteiger charge is -2.32. The maximum absolute atomic E-state index is 13.2. The zero-order chi connectivity index (χ0) is 25.4. The minimum atomic E-state index is -4.71. The molecule has 2 aromatic heterocycles. The number of halogens is 3. The van der Waals surface area contributed by atoms with Crippen molar-refractivity contribution < 1.29 is 32.5 Å². The summed E-state index contributed by atoms with van der Waals surface area (Å²) in [6.45, 7) is 2.77. The number of alkyl halides is 3. The molecule has 1 fully saturated rings. The number of amides is 1. The van der Waals surface area contributed by atoms with Gasteiger partial charge in [0, 0.05) is 25.8 Å². The van der Waals surface area contributed by atoms with E-state index in [9.17, 15) is 18.0 Å². The van der Waals surface area contributed by atoms with E-state index in [1.807, 2.05) is 10.2 Å². The number of rotatable bonds is 10. The molecule has 1 aliphatic rings. The van der Waals surface area contributed by atoms with E-state index in [2.05, 4.69) is 19.9 Å². The summed E-state index contributed by atoms with van der Waals surface area (Å²) in [6.07, 6.45) is -1.04. The summed E-state index contributed by atoms with van der Waals surface area (Å²) >= 11 is 0. The normalized spacial score (nSPS) is 15.5. The van der Waals surface area contributed by atoms with Gasteiger partial charge >= 0.3 is 12.2 Å². The predicted molar refractivity (Wildman–Crippen MR) is 119 cm³/mol. The lowest BCUT2D eigenvalue weighted by atomic mass is 9.98. The summed E-state index contributed by atoms with van der Waals surface area (Å²) in [5.41, 5.74) is 5.51. The number of piperidine rings is 1. The molecule has 0 bridgehead atoms. The lowest BCUT2D eigenvalue weighted by molar-refractivity contribution is -0.156. The average molecular weight is 499 g/mol. The molecule has 3 rings (SSSR count). The van der Waals surface area contributed by atoms with Crippen molar-refractivity contribution in [2.75, 3.05) is 43.5 Å². The van der Waals surface area contributed by atoms with Gasteiger partial charge < -0.3 is 30.5 Å². The first kappa shape index (κ1) is 26.2. The number of nitrogens with zero attached hydrogens (tertiary/aromatic N) is 5. The second-order valence-corrected chi connectivity index (χ2v) is 7.92. The molecule has 1 atom stereocenters. The molecular weight excluding hydrogens is 471 g/mol. The minimum Gasteiger partial charge on any atom is -0.488 e. The number of aliphatic hydroxyl groups is 1. The Balaban J connectivity index is 1.67. The Morgan fingerprint density at radius 2 is 2.06 bits per heavy atom. The fraction of sp³-hybridized carbons (Fsp3) is 0.571. The minimum absolute atomic E-state index is 0.106. The van der Waals surface area contributed by atoms with E-state index >= 15 is 0 Å². The number of aliphatic hydroxyl groups excluding tert-OH is 1. The molecule has 4 N–H and O–H groups in total. The Morgan fingerprint density at radius 3 is 2.69 bits per heavy atom. The molecule has 1 aliphatic heterocycles. The van der Waals surface area contributed by atoms with Crippen LogP contribution in [0.2, 0.25) is 0 Å². The third-order valence-corrected chi connectivity index (χ3v) is 5.44. The van der Waals surface area contributed by atoms with Crippen LogP contribution in [0, 0.1) is 5.92 Å². The van der Waals surface area contributed by atoms with E-state index in [0.29, 0.717) is 31.3 Å². The highest BCUT2D eigenvalue weighted by molar-refractivity contribution is 5.93. The van der Waals surface area contributed by atoms with Gasteiger partial charge in [-0.05, 0) is 32.1 Å². The molecule has 11 nitrogen and oxygen atoms in total. The molecule has 0 aromatic carbocycles. The molecule has 14 heteroatoms. The van der Waals surface area contributed by atoms with Gasteiger partial charge in [-0.2, -0.15) is 23.1 Å². The molecule has 1 amide bonds. The van der Waals surface area contributed by atoms with Gasteiger partial charge in [-0.1, -0.05) is 0 Å². The molecule has 1 saturated heterocycles. The van der Waals surface area contributed by atoms with Crippen LogP contribution in [0.3, 0.4) is 0 Å². The standard InChI is InChI=1S/C21H28F3N7O4/c1-2-34-20-28-14(19(33)29-16(5-8-32)21(22,23)24)9-17(30-20)31-6-3-13(4-7-31)11-35-15-10-26-12-27-18(15)25/h9-10,12-13,16,32H,2-8,11H2,1H3,(H,29,33)(H2,25,26,27). The number of hydrogen-bond donors (Lipinski definition) is 3. The number of hydrogen-bond acceptors (Lipinski definition) is 10. The van der Waals surface area contributed by atoms with Crippen LogP contribution in [0.5, 0.6) is 11.8 Å². The first-order valence-corrected chi connectivity index (χ1v) is 11.1. The zero-order valence-electron chi connectivity index (χ0n) is 19.2. The number of carbonyl (C=O) groups is 1. The summed E-state index contributed by atoms with van der Waals surface area (Å²) in [7, 11) is 0. The van der Waals surface area contributed by atoms with Crippen LogP contribution in [0.1, 0.15) is 36.7 Å². The maximum atomic E-state index is 13.2. The van der Waals surface area contributed by atoms with Gasteiger partial charge in [-0.15, -0.1) is 0 Å². The molecular formula is C21H28F3N7O4. The fourth-order valence-electron chi connectivity index (χ4n) is 3.54. The second kappa shape index (κ2) is 11.8.